The highest BCUT2D eigenvalue weighted by atomic mass is 32.2. The van der Waals surface area contributed by atoms with Crippen molar-refractivity contribution in [1.82, 2.24) is 4.98 Å². The first-order valence-electron chi connectivity index (χ1n) is 6.03. The lowest BCUT2D eigenvalue weighted by Crippen LogP contribution is -2.08. The first kappa shape index (κ1) is 15.2. The minimum atomic E-state index is -0.718. The van der Waals surface area contributed by atoms with E-state index < -0.39 is 17.5 Å². The van der Waals surface area contributed by atoms with Gasteiger partial charge in [0.2, 0.25) is 5.91 Å². The molecule has 0 saturated carbocycles. The van der Waals surface area contributed by atoms with Gasteiger partial charge in [-0.15, -0.1) is 11.8 Å². The van der Waals surface area contributed by atoms with Gasteiger partial charge in [-0.1, -0.05) is 6.07 Å². The average molecular weight is 306 g/mol. The van der Waals surface area contributed by atoms with Crippen molar-refractivity contribution >= 4 is 29.4 Å². The number of anilines is 1. The Kier molecular flexibility index (Phi) is 5.05. The van der Waals surface area contributed by atoms with E-state index in [1.165, 1.54) is 24.0 Å². The van der Waals surface area contributed by atoms with Gasteiger partial charge in [-0.2, -0.15) is 0 Å². The number of benzene rings is 1. The fraction of sp³-hybridized carbons (Fsp3) is 0.0667. The Balaban J connectivity index is 2.05. The van der Waals surface area contributed by atoms with Crippen molar-refractivity contribution in [3.63, 3.8) is 0 Å². The molecule has 0 aliphatic heterocycles. The second kappa shape index (κ2) is 6.99. The van der Waals surface area contributed by atoms with Crippen LogP contribution in [-0.2, 0) is 4.79 Å². The second-order valence-electron chi connectivity index (χ2n) is 4.05. The van der Waals surface area contributed by atoms with Gasteiger partial charge >= 0.3 is 0 Å². The van der Waals surface area contributed by atoms with Crippen molar-refractivity contribution in [2.75, 3.05) is 11.6 Å². The van der Waals surface area contributed by atoms with Crippen LogP contribution >= 0.6 is 11.8 Å². The fourth-order valence-electron chi connectivity index (χ4n) is 1.59. The summed E-state index contributed by atoms with van der Waals surface area (Å²) in [6.45, 7) is 0. The molecule has 2 rings (SSSR count). The van der Waals surface area contributed by atoms with Crippen molar-refractivity contribution in [3.05, 3.63) is 59.8 Å². The minimum Gasteiger partial charge on any atom is -0.321 e. The number of pyridine rings is 1. The highest BCUT2D eigenvalue weighted by Gasteiger charge is 2.05. The molecule has 1 aromatic heterocycles. The van der Waals surface area contributed by atoms with Gasteiger partial charge in [0.05, 0.1) is 16.9 Å². The van der Waals surface area contributed by atoms with Crippen LogP contribution in [0, 0.1) is 11.6 Å². The number of carbonyl (C=O) groups excluding carboxylic acids is 1. The number of carbonyl (C=O) groups is 1. The lowest BCUT2D eigenvalue weighted by Gasteiger charge is -2.02. The van der Waals surface area contributed by atoms with Gasteiger partial charge in [0, 0.05) is 11.6 Å². The molecule has 1 heterocycles. The van der Waals surface area contributed by atoms with E-state index in [0.717, 1.165) is 29.3 Å². The Hall–Kier alpha value is -2.21. The number of hydrogen-bond acceptors (Lipinski definition) is 3. The van der Waals surface area contributed by atoms with Gasteiger partial charge in [0.1, 0.15) is 11.6 Å². The lowest BCUT2D eigenvalue weighted by atomic mass is 10.2. The molecule has 1 amide bonds. The minimum absolute atomic E-state index is 0.247. The van der Waals surface area contributed by atoms with E-state index in [2.05, 4.69) is 10.3 Å². The smallest absolute Gasteiger partial charge is 0.248 e. The van der Waals surface area contributed by atoms with Crippen molar-refractivity contribution < 1.29 is 13.6 Å². The molecule has 21 heavy (non-hydrogen) atoms. The first-order valence-corrected chi connectivity index (χ1v) is 7.26. The first-order chi connectivity index (χ1) is 10.1. The van der Waals surface area contributed by atoms with E-state index in [1.54, 1.807) is 12.1 Å². The quantitative estimate of drug-likeness (QED) is 0.691. The van der Waals surface area contributed by atoms with Crippen molar-refractivity contribution in [3.8, 4) is 0 Å². The summed E-state index contributed by atoms with van der Waals surface area (Å²) in [6.07, 6.45) is 5.58. The molecular weight excluding hydrogens is 294 g/mol. The fourth-order valence-corrected chi connectivity index (χ4v) is 1.95. The standard InChI is InChI=1S/C15H12F2N2OS/c1-21-15-8-5-10(9-18-15)19-14(20)7-6-11-12(16)3-2-4-13(11)17/h2-9H,1H3,(H,19,20)/b7-6+. The van der Waals surface area contributed by atoms with Gasteiger partial charge in [-0.25, -0.2) is 13.8 Å². The SMILES string of the molecule is CSc1ccc(NC(=O)/C=C/c2c(F)cccc2F)cn1. The number of rotatable bonds is 4. The molecule has 0 fully saturated rings. The van der Waals surface area contributed by atoms with Crippen LogP contribution in [0.1, 0.15) is 5.56 Å². The number of nitrogens with zero attached hydrogens (tertiary/aromatic N) is 1. The normalized spacial score (nSPS) is 10.8. The number of thioether (sulfide) groups is 1. The van der Waals surface area contributed by atoms with Gasteiger partial charge in [0.25, 0.3) is 0 Å². The molecule has 0 radical (unpaired) electrons. The average Bonchev–Trinajstić information content (AvgIpc) is 2.47. The third-order valence-corrected chi connectivity index (χ3v) is 3.27. The molecule has 2 aromatic rings. The molecule has 3 nitrogen and oxygen atoms in total. The third-order valence-electron chi connectivity index (χ3n) is 2.61. The van der Waals surface area contributed by atoms with E-state index in [9.17, 15) is 13.6 Å². The summed E-state index contributed by atoms with van der Waals surface area (Å²) in [6, 6.07) is 6.99. The van der Waals surface area contributed by atoms with E-state index >= 15 is 0 Å². The molecule has 0 aliphatic rings. The summed E-state index contributed by atoms with van der Waals surface area (Å²) < 4.78 is 26.8. The zero-order chi connectivity index (χ0) is 15.2. The Morgan fingerprint density at radius 3 is 2.52 bits per heavy atom. The molecule has 6 heteroatoms. The van der Waals surface area contributed by atoms with E-state index in [1.807, 2.05) is 6.26 Å². The lowest BCUT2D eigenvalue weighted by molar-refractivity contribution is -0.111. The number of amides is 1. The Bertz CT molecular complexity index is 652. The van der Waals surface area contributed by atoms with Crippen LogP contribution in [0.2, 0.25) is 0 Å². The highest BCUT2D eigenvalue weighted by molar-refractivity contribution is 7.98. The predicted molar refractivity (Wildman–Crippen MR) is 80.0 cm³/mol. The maximum absolute atomic E-state index is 13.4. The van der Waals surface area contributed by atoms with Gasteiger partial charge in [0.15, 0.2) is 0 Å². The monoisotopic (exact) mass is 306 g/mol. The number of halogens is 2. The summed E-state index contributed by atoms with van der Waals surface area (Å²) in [5.74, 6) is -1.92. The molecule has 0 unspecified atom stereocenters. The predicted octanol–water partition coefficient (Wildman–Crippen LogP) is 3.73. The van der Waals surface area contributed by atoms with Crippen LogP contribution in [0.5, 0.6) is 0 Å². The third kappa shape index (κ3) is 4.13. The van der Waals surface area contributed by atoms with Crippen LogP contribution in [-0.4, -0.2) is 17.1 Å². The maximum atomic E-state index is 13.4. The Morgan fingerprint density at radius 1 is 1.24 bits per heavy atom. The zero-order valence-corrected chi connectivity index (χ0v) is 12.0. The molecule has 0 bridgehead atoms. The Morgan fingerprint density at radius 2 is 1.95 bits per heavy atom. The summed E-state index contributed by atoms with van der Waals surface area (Å²) in [5.41, 5.74) is 0.264. The van der Waals surface area contributed by atoms with Crippen molar-refractivity contribution in [2.24, 2.45) is 0 Å². The molecule has 0 spiro atoms. The molecular formula is C15H12F2N2OS. The summed E-state index contributed by atoms with van der Waals surface area (Å²) >= 11 is 1.49. The number of aromatic nitrogens is 1. The van der Waals surface area contributed by atoms with Gasteiger partial charge in [-0.3, -0.25) is 4.79 Å². The van der Waals surface area contributed by atoms with Crippen LogP contribution in [0.15, 0.2) is 47.6 Å². The molecule has 1 N–H and O–H groups in total. The molecule has 0 saturated heterocycles. The molecule has 1 aromatic carbocycles. The Labute approximate surface area is 125 Å². The van der Waals surface area contributed by atoms with Crippen molar-refractivity contribution in [1.29, 1.82) is 0 Å². The molecule has 108 valence electrons. The number of nitrogens with one attached hydrogen (secondary N) is 1. The van der Waals surface area contributed by atoms with Gasteiger partial charge < -0.3 is 5.32 Å². The van der Waals surface area contributed by atoms with E-state index in [-0.39, 0.29) is 5.56 Å². The van der Waals surface area contributed by atoms with Gasteiger partial charge in [-0.05, 0) is 36.6 Å². The van der Waals surface area contributed by atoms with Crippen LogP contribution < -0.4 is 5.32 Å². The van der Waals surface area contributed by atoms with Crippen LogP contribution in [0.25, 0.3) is 6.08 Å². The number of hydrogen-bond donors (Lipinski definition) is 1. The summed E-state index contributed by atoms with van der Waals surface area (Å²) in [5, 5.41) is 3.39. The largest absolute Gasteiger partial charge is 0.321 e. The second-order valence-corrected chi connectivity index (χ2v) is 4.87. The summed E-state index contributed by atoms with van der Waals surface area (Å²) in [4.78, 5) is 15.8. The molecule has 0 atom stereocenters. The van der Waals surface area contributed by atoms with Crippen molar-refractivity contribution in [2.45, 2.75) is 5.03 Å². The topological polar surface area (TPSA) is 42.0 Å². The summed E-state index contributed by atoms with van der Waals surface area (Å²) in [7, 11) is 0. The zero-order valence-electron chi connectivity index (χ0n) is 11.1. The maximum Gasteiger partial charge on any atom is 0.248 e. The molecule has 0 aliphatic carbocycles. The van der Waals surface area contributed by atoms with E-state index in [4.69, 9.17) is 0 Å². The van der Waals surface area contributed by atoms with E-state index in [0.29, 0.717) is 5.69 Å². The highest BCUT2D eigenvalue weighted by Crippen LogP contribution is 2.15. The van der Waals surface area contributed by atoms with Crippen LogP contribution in [0.4, 0.5) is 14.5 Å². The van der Waals surface area contributed by atoms with Crippen LogP contribution in [0.3, 0.4) is 0 Å².